The summed E-state index contributed by atoms with van der Waals surface area (Å²) in [5, 5.41) is 0. The zero-order chi connectivity index (χ0) is 13.7. The van der Waals surface area contributed by atoms with E-state index in [0.29, 0.717) is 30.4 Å². The summed E-state index contributed by atoms with van der Waals surface area (Å²) < 4.78 is 1.88. The fourth-order valence-corrected chi connectivity index (χ4v) is 1.72. The Hall–Kier alpha value is -1.43. The molecule has 0 spiro atoms. The Labute approximate surface area is 113 Å². The molecule has 0 atom stereocenters. The van der Waals surface area contributed by atoms with Crippen molar-refractivity contribution < 1.29 is 4.79 Å². The number of nitrogens with two attached hydrogens (primary N) is 1. The molecule has 0 radical (unpaired) electrons. The first-order valence-corrected chi connectivity index (χ1v) is 6.36. The normalized spacial score (nSPS) is 10.7. The molecule has 6 heteroatoms. The minimum absolute atomic E-state index is 0.0335. The number of thiocarbonyl (C=S) groups is 1. The molecule has 1 rings (SSSR count). The van der Waals surface area contributed by atoms with E-state index in [4.69, 9.17) is 18.0 Å². The summed E-state index contributed by atoms with van der Waals surface area (Å²) in [7, 11) is 1.76. The third-order valence-electron chi connectivity index (χ3n) is 2.69. The molecule has 2 N–H and O–H groups in total. The highest BCUT2D eigenvalue weighted by atomic mass is 32.1. The van der Waals surface area contributed by atoms with E-state index in [-0.39, 0.29) is 5.91 Å². The van der Waals surface area contributed by atoms with Crippen LogP contribution in [0.5, 0.6) is 0 Å². The number of carbonyl (C=O) groups is 1. The molecule has 1 amide bonds. The van der Waals surface area contributed by atoms with Gasteiger partial charge in [-0.25, -0.2) is 4.98 Å². The summed E-state index contributed by atoms with van der Waals surface area (Å²) in [6.07, 6.45) is 4.10. The van der Waals surface area contributed by atoms with Crippen molar-refractivity contribution in [3.8, 4) is 0 Å². The van der Waals surface area contributed by atoms with Crippen LogP contribution >= 0.6 is 12.2 Å². The second-order valence-electron chi connectivity index (χ2n) is 4.60. The zero-order valence-corrected chi connectivity index (χ0v) is 11.9. The van der Waals surface area contributed by atoms with E-state index in [9.17, 15) is 4.79 Å². The first-order chi connectivity index (χ1) is 8.41. The molecule has 1 aromatic rings. The summed E-state index contributed by atoms with van der Waals surface area (Å²) >= 11 is 4.80. The SMILES string of the molecule is CC(C)c1nccn1CC(=O)N(C)CCC(N)=S. The molecule has 0 aliphatic heterocycles. The van der Waals surface area contributed by atoms with Crippen molar-refractivity contribution in [3.05, 3.63) is 18.2 Å². The van der Waals surface area contributed by atoms with Gasteiger partial charge in [-0.15, -0.1) is 0 Å². The maximum Gasteiger partial charge on any atom is 0.242 e. The molecule has 0 aliphatic rings. The number of carbonyl (C=O) groups excluding carboxylic acids is 1. The lowest BCUT2D eigenvalue weighted by atomic mass is 10.2. The van der Waals surface area contributed by atoms with E-state index >= 15 is 0 Å². The topological polar surface area (TPSA) is 64.2 Å². The average molecular weight is 268 g/mol. The Bertz CT molecular complexity index is 427. The van der Waals surface area contributed by atoms with Crippen LogP contribution in [0, 0.1) is 0 Å². The first-order valence-electron chi connectivity index (χ1n) is 5.95. The quantitative estimate of drug-likeness (QED) is 0.786. The van der Waals surface area contributed by atoms with Crippen molar-refractivity contribution in [2.45, 2.75) is 32.7 Å². The fraction of sp³-hybridized carbons (Fsp3) is 0.583. The smallest absolute Gasteiger partial charge is 0.242 e. The summed E-state index contributed by atoms with van der Waals surface area (Å²) in [5.74, 6) is 1.26. The van der Waals surface area contributed by atoms with Crippen LogP contribution in [-0.2, 0) is 11.3 Å². The molecule has 100 valence electrons. The Kier molecular flexibility index (Phi) is 5.27. The van der Waals surface area contributed by atoms with Gasteiger partial charge >= 0.3 is 0 Å². The Balaban J connectivity index is 2.58. The highest BCUT2D eigenvalue weighted by molar-refractivity contribution is 7.80. The van der Waals surface area contributed by atoms with Gasteiger partial charge in [-0.05, 0) is 0 Å². The number of amides is 1. The van der Waals surface area contributed by atoms with Gasteiger partial charge in [0.2, 0.25) is 5.91 Å². The molecule has 0 aliphatic carbocycles. The number of rotatable bonds is 6. The minimum Gasteiger partial charge on any atom is -0.393 e. The molecule has 18 heavy (non-hydrogen) atoms. The van der Waals surface area contributed by atoms with E-state index in [0.717, 1.165) is 5.82 Å². The van der Waals surface area contributed by atoms with Gasteiger partial charge in [-0.3, -0.25) is 4.79 Å². The van der Waals surface area contributed by atoms with E-state index in [1.807, 2.05) is 10.8 Å². The predicted octanol–water partition coefficient (Wildman–Crippen LogP) is 1.14. The Morgan fingerprint density at radius 1 is 1.61 bits per heavy atom. The monoisotopic (exact) mass is 268 g/mol. The number of aromatic nitrogens is 2. The van der Waals surface area contributed by atoms with Crippen LogP contribution in [0.3, 0.4) is 0 Å². The summed E-state index contributed by atoms with van der Waals surface area (Å²) in [6.45, 7) is 4.97. The van der Waals surface area contributed by atoms with Crippen molar-refractivity contribution >= 4 is 23.1 Å². The van der Waals surface area contributed by atoms with Crippen LogP contribution in [0.4, 0.5) is 0 Å². The van der Waals surface area contributed by atoms with Gasteiger partial charge in [0.05, 0.1) is 4.99 Å². The fourth-order valence-electron chi connectivity index (χ4n) is 1.62. The summed E-state index contributed by atoms with van der Waals surface area (Å²) in [6, 6.07) is 0. The van der Waals surface area contributed by atoms with Gasteiger partial charge in [0.15, 0.2) is 0 Å². The molecular formula is C12H20N4OS. The molecular weight excluding hydrogens is 248 g/mol. The lowest BCUT2D eigenvalue weighted by Crippen LogP contribution is -2.33. The van der Waals surface area contributed by atoms with E-state index in [2.05, 4.69) is 18.8 Å². The van der Waals surface area contributed by atoms with Crippen LogP contribution < -0.4 is 5.73 Å². The van der Waals surface area contributed by atoms with Crippen LogP contribution in [0.25, 0.3) is 0 Å². The maximum absolute atomic E-state index is 12.0. The number of hydrogen-bond donors (Lipinski definition) is 1. The number of likely N-dealkylation sites (N-methyl/N-ethyl adjacent to an activating group) is 1. The Morgan fingerprint density at radius 2 is 2.28 bits per heavy atom. The molecule has 0 saturated carbocycles. The molecule has 0 unspecified atom stereocenters. The van der Waals surface area contributed by atoms with Gasteiger partial charge in [-0.2, -0.15) is 0 Å². The van der Waals surface area contributed by atoms with E-state index < -0.39 is 0 Å². The van der Waals surface area contributed by atoms with Crippen molar-refractivity contribution in [1.82, 2.24) is 14.5 Å². The van der Waals surface area contributed by atoms with Crippen LogP contribution in [-0.4, -0.2) is 38.9 Å². The minimum atomic E-state index is 0.0335. The van der Waals surface area contributed by atoms with Crippen LogP contribution in [0.2, 0.25) is 0 Å². The van der Waals surface area contributed by atoms with Crippen molar-refractivity contribution in [3.63, 3.8) is 0 Å². The largest absolute Gasteiger partial charge is 0.393 e. The second kappa shape index (κ2) is 6.49. The predicted molar refractivity (Wildman–Crippen MR) is 75.4 cm³/mol. The van der Waals surface area contributed by atoms with E-state index in [1.54, 1.807) is 18.1 Å². The molecule has 0 bridgehead atoms. The van der Waals surface area contributed by atoms with Crippen molar-refractivity contribution in [2.75, 3.05) is 13.6 Å². The van der Waals surface area contributed by atoms with Crippen molar-refractivity contribution in [2.24, 2.45) is 5.73 Å². The lowest BCUT2D eigenvalue weighted by Gasteiger charge is -2.18. The van der Waals surface area contributed by atoms with Gasteiger partial charge in [0.1, 0.15) is 12.4 Å². The first kappa shape index (κ1) is 14.6. The third-order valence-corrected chi connectivity index (χ3v) is 2.89. The zero-order valence-electron chi connectivity index (χ0n) is 11.1. The summed E-state index contributed by atoms with van der Waals surface area (Å²) in [4.78, 5) is 18.3. The number of nitrogens with zero attached hydrogens (tertiary/aromatic N) is 3. The molecule has 1 heterocycles. The summed E-state index contributed by atoms with van der Waals surface area (Å²) in [5.41, 5.74) is 5.42. The average Bonchev–Trinajstić information content (AvgIpc) is 2.73. The van der Waals surface area contributed by atoms with Gasteiger partial charge < -0.3 is 15.2 Å². The van der Waals surface area contributed by atoms with Gasteiger partial charge in [0, 0.05) is 38.3 Å². The molecule has 5 nitrogen and oxygen atoms in total. The van der Waals surface area contributed by atoms with Crippen LogP contribution in [0.15, 0.2) is 12.4 Å². The number of imidazole rings is 1. The lowest BCUT2D eigenvalue weighted by molar-refractivity contribution is -0.130. The molecule has 0 fully saturated rings. The van der Waals surface area contributed by atoms with E-state index in [1.165, 1.54) is 0 Å². The molecule has 1 aromatic heterocycles. The maximum atomic E-state index is 12.0. The third kappa shape index (κ3) is 4.10. The highest BCUT2D eigenvalue weighted by Crippen LogP contribution is 2.11. The number of hydrogen-bond acceptors (Lipinski definition) is 3. The van der Waals surface area contributed by atoms with Gasteiger partial charge in [0.25, 0.3) is 0 Å². The molecule has 0 aromatic carbocycles. The second-order valence-corrected chi connectivity index (χ2v) is 5.12. The Morgan fingerprint density at radius 3 is 2.83 bits per heavy atom. The van der Waals surface area contributed by atoms with Crippen molar-refractivity contribution in [1.29, 1.82) is 0 Å². The standard InChI is InChI=1S/C12H20N4OS/c1-9(2)12-14-5-7-16(12)8-11(17)15(3)6-4-10(13)18/h5,7,9H,4,6,8H2,1-3H3,(H2,13,18). The van der Waals surface area contributed by atoms with Gasteiger partial charge in [-0.1, -0.05) is 26.1 Å². The van der Waals surface area contributed by atoms with Crippen LogP contribution in [0.1, 0.15) is 32.0 Å². The highest BCUT2D eigenvalue weighted by Gasteiger charge is 2.13. The molecule has 0 saturated heterocycles.